The second kappa shape index (κ2) is 7.55. The van der Waals surface area contributed by atoms with Gasteiger partial charge >= 0.3 is 6.03 Å². The van der Waals surface area contributed by atoms with Crippen LogP contribution in [-0.2, 0) is 10.8 Å². The van der Waals surface area contributed by atoms with Crippen LogP contribution in [0.3, 0.4) is 0 Å². The summed E-state index contributed by atoms with van der Waals surface area (Å²) in [6, 6.07) is 10.4. The number of benzene rings is 1. The second-order valence-corrected chi connectivity index (χ2v) is 8.72. The minimum atomic E-state index is -0.883. The average molecular weight is 350 g/mol. The molecule has 1 saturated carbocycles. The molecule has 0 radical (unpaired) electrons. The number of rotatable bonds is 5. The molecule has 5 nitrogen and oxygen atoms in total. The van der Waals surface area contributed by atoms with E-state index in [0.717, 1.165) is 44.3 Å². The second-order valence-electron chi connectivity index (χ2n) is 6.94. The topological polar surface area (TPSA) is 61.4 Å². The molecule has 6 heteroatoms. The Morgan fingerprint density at radius 1 is 1.29 bits per heavy atom. The number of hydrogen-bond donors (Lipinski definition) is 2. The number of amides is 2. The van der Waals surface area contributed by atoms with Crippen LogP contribution >= 0.6 is 0 Å². The number of hydrogen-bond acceptors (Lipinski definition) is 3. The number of nitrogens with zero attached hydrogens (tertiary/aromatic N) is 1. The fourth-order valence-electron chi connectivity index (χ4n) is 3.53. The molecule has 2 amide bonds. The summed E-state index contributed by atoms with van der Waals surface area (Å²) in [7, 11) is -0.883. The normalized spacial score (nSPS) is 23.9. The van der Waals surface area contributed by atoms with E-state index in [1.54, 1.807) is 6.26 Å². The quantitative estimate of drug-likeness (QED) is 0.859. The first-order valence-corrected chi connectivity index (χ1v) is 10.3. The third-order valence-corrected chi connectivity index (χ3v) is 7.06. The minimum absolute atomic E-state index is 0.0220. The van der Waals surface area contributed by atoms with E-state index >= 15 is 0 Å². The lowest BCUT2D eigenvalue weighted by atomic mass is 9.84. The molecule has 1 aliphatic heterocycles. The molecule has 2 atom stereocenters. The zero-order valence-corrected chi connectivity index (χ0v) is 15.1. The molecule has 0 aromatic heterocycles. The van der Waals surface area contributed by atoms with Crippen LogP contribution < -0.4 is 10.6 Å². The number of likely N-dealkylation sites (tertiary alicyclic amines) is 1. The zero-order chi connectivity index (χ0) is 17.0. The van der Waals surface area contributed by atoms with Crippen molar-refractivity contribution in [1.82, 2.24) is 10.2 Å². The van der Waals surface area contributed by atoms with Crippen molar-refractivity contribution in [2.24, 2.45) is 0 Å². The summed E-state index contributed by atoms with van der Waals surface area (Å²) in [4.78, 5) is 14.4. The number of para-hydroxylation sites is 1. The summed E-state index contributed by atoms with van der Waals surface area (Å²) in [5.41, 5.74) is 1.10. The van der Waals surface area contributed by atoms with Crippen molar-refractivity contribution < 1.29 is 9.00 Å². The van der Waals surface area contributed by atoms with E-state index in [-0.39, 0.29) is 16.8 Å². The molecule has 0 unspecified atom stereocenters. The highest BCUT2D eigenvalue weighted by atomic mass is 32.2. The number of carbonyl (C=O) groups excluding carboxylic acids is 1. The standard InChI is InChI=1S/C18H27N3O2S/c1-24(23)18(10-6-11-18)14-19-17(22)21-12-5-9-16(13-21)20-15-7-3-2-4-8-15/h2-4,7-8,16,20H,5-6,9-14H2,1H3,(H,19,22)/t16-,24+/m0/s1. The number of carbonyl (C=O) groups is 1. The molecule has 132 valence electrons. The number of urea groups is 1. The molecular weight excluding hydrogens is 322 g/mol. The van der Waals surface area contributed by atoms with Gasteiger partial charge in [0.1, 0.15) is 0 Å². The summed E-state index contributed by atoms with van der Waals surface area (Å²) in [6.07, 6.45) is 6.85. The van der Waals surface area contributed by atoms with E-state index in [4.69, 9.17) is 0 Å². The van der Waals surface area contributed by atoms with Gasteiger partial charge in [-0.05, 0) is 37.8 Å². The van der Waals surface area contributed by atoms with Gasteiger partial charge in [-0.3, -0.25) is 4.21 Å². The number of piperidine rings is 1. The molecule has 1 heterocycles. The first kappa shape index (κ1) is 17.3. The molecule has 2 aliphatic rings. The van der Waals surface area contributed by atoms with E-state index < -0.39 is 10.8 Å². The van der Waals surface area contributed by atoms with E-state index in [9.17, 15) is 9.00 Å². The van der Waals surface area contributed by atoms with Gasteiger partial charge in [-0.15, -0.1) is 0 Å². The van der Waals surface area contributed by atoms with Gasteiger partial charge in [0.25, 0.3) is 0 Å². The Balaban J connectivity index is 1.50. The monoisotopic (exact) mass is 349 g/mol. The van der Waals surface area contributed by atoms with Crippen LogP contribution in [0.2, 0.25) is 0 Å². The SMILES string of the molecule is C[S@@](=O)C1(CNC(=O)N2CCC[C@H](Nc3ccccc3)C2)CCC1. The Morgan fingerprint density at radius 3 is 2.67 bits per heavy atom. The van der Waals surface area contributed by atoms with Gasteiger partial charge < -0.3 is 15.5 Å². The van der Waals surface area contributed by atoms with Crippen LogP contribution in [0.1, 0.15) is 32.1 Å². The molecule has 0 bridgehead atoms. The largest absolute Gasteiger partial charge is 0.381 e. The molecule has 1 saturated heterocycles. The van der Waals surface area contributed by atoms with Gasteiger partial charge in [-0.1, -0.05) is 24.6 Å². The van der Waals surface area contributed by atoms with E-state index in [1.807, 2.05) is 23.1 Å². The van der Waals surface area contributed by atoms with Crippen LogP contribution in [0, 0.1) is 0 Å². The third-order valence-electron chi connectivity index (χ3n) is 5.29. The minimum Gasteiger partial charge on any atom is -0.381 e. The number of anilines is 1. The molecular formula is C18H27N3O2S. The van der Waals surface area contributed by atoms with Crippen LogP contribution in [-0.4, -0.2) is 51.8 Å². The molecule has 3 rings (SSSR count). The van der Waals surface area contributed by atoms with Crippen LogP contribution in [0.15, 0.2) is 30.3 Å². The molecule has 1 aromatic rings. The Morgan fingerprint density at radius 2 is 2.04 bits per heavy atom. The molecule has 1 aromatic carbocycles. The van der Waals surface area contributed by atoms with Gasteiger partial charge in [0.05, 0.1) is 4.75 Å². The predicted molar refractivity (Wildman–Crippen MR) is 98.7 cm³/mol. The highest BCUT2D eigenvalue weighted by molar-refractivity contribution is 7.85. The molecule has 0 spiro atoms. The lowest BCUT2D eigenvalue weighted by Crippen LogP contribution is -2.55. The third kappa shape index (κ3) is 3.91. The highest BCUT2D eigenvalue weighted by Crippen LogP contribution is 2.36. The summed E-state index contributed by atoms with van der Waals surface area (Å²) in [6.45, 7) is 2.03. The molecule has 2 fully saturated rings. The predicted octanol–water partition coefficient (Wildman–Crippen LogP) is 2.57. The van der Waals surface area contributed by atoms with Crippen LogP contribution in [0.5, 0.6) is 0 Å². The fourth-order valence-corrected chi connectivity index (χ4v) is 4.67. The van der Waals surface area contributed by atoms with Gasteiger partial charge in [0, 0.05) is 48.4 Å². The van der Waals surface area contributed by atoms with Crippen molar-refractivity contribution in [2.75, 3.05) is 31.2 Å². The molecule has 2 N–H and O–H groups in total. The Hall–Kier alpha value is -1.56. The highest BCUT2D eigenvalue weighted by Gasteiger charge is 2.41. The van der Waals surface area contributed by atoms with Crippen LogP contribution in [0.4, 0.5) is 10.5 Å². The zero-order valence-electron chi connectivity index (χ0n) is 14.3. The van der Waals surface area contributed by atoms with Crippen molar-refractivity contribution in [3.8, 4) is 0 Å². The van der Waals surface area contributed by atoms with E-state index in [1.165, 1.54) is 0 Å². The van der Waals surface area contributed by atoms with Gasteiger partial charge in [-0.2, -0.15) is 0 Å². The summed E-state index contributed by atoms with van der Waals surface area (Å²) < 4.78 is 11.7. The maximum Gasteiger partial charge on any atom is 0.317 e. The molecule has 24 heavy (non-hydrogen) atoms. The van der Waals surface area contributed by atoms with Crippen molar-refractivity contribution >= 4 is 22.5 Å². The Bertz CT molecular complexity index is 589. The maximum atomic E-state index is 12.5. The maximum absolute atomic E-state index is 12.5. The van der Waals surface area contributed by atoms with Crippen molar-refractivity contribution in [3.63, 3.8) is 0 Å². The lowest BCUT2D eigenvalue weighted by Gasteiger charge is -2.41. The lowest BCUT2D eigenvalue weighted by molar-refractivity contribution is 0.179. The van der Waals surface area contributed by atoms with Gasteiger partial charge in [-0.25, -0.2) is 4.79 Å². The first-order chi connectivity index (χ1) is 11.6. The summed E-state index contributed by atoms with van der Waals surface area (Å²) >= 11 is 0. The fraction of sp³-hybridized carbons (Fsp3) is 0.611. The smallest absolute Gasteiger partial charge is 0.317 e. The average Bonchev–Trinajstić information content (AvgIpc) is 2.54. The Labute approximate surface area is 146 Å². The number of nitrogens with one attached hydrogen (secondary N) is 2. The first-order valence-electron chi connectivity index (χ1n) is 8.77. The summed E-state index contributed by atoms with van der Waals surface area (Å²) in [5, 5.41) is 6.54. The van der Waals surface area contributed by atoms with Crippen LogP contribution in [0.25, 0.3) is 0 Å². The van der Waals surface area contributed by atoms with E-state index in [2.05, 4.69) is 22.8 Å². The van der Waals surface area contributed by atoms with Crippen molar-refractivity contribution in [1.29, 1.82) is 0 Å². The van der Waals surface area contributed by atoms with Gasteiger partial charge in [0.2, 0.25) is 0 Å². The van der Waals surface area contributed by atoms with Crippen molar-refractivity contribution in [3.05, 3.63) is 30.3 Å². The Kier molecular flexibility index (Phi) is 5.43. The summed E-state index contributed by atoms with van der Waals surface area (Å²) in [5.74, 6) is 0. The van der Waals surface area contributed by atoms with E-state index in [0.29, 0.717) is 13.1 Å². The molecule has 1 aliphatic carbocycles. The van der Waals surface area contributed by atoms with Gasteiger partial charge in [0.15, 0.2) is 0 Å². The van der Waals surface area contributed by atoms with Crippen molar-refractivity contribution in [2.45, 2.75) is 42.9 Å².